The lowest BCUT2D eigenvalue weighted by molar-refractivity contribution is -0.125. The first kappa shape index (κ1) is 10.1. The van der Waals surface area contributed by atoms with Gasteiger partial charge in [0.25, 0.3) is 5.91 Å². The van der Waals surface area contributed by atoms with E-state index in [1.807, 2.05) is 6.92 Å². The van der Waals surface area contributed by atoms with Gasteiger partial charge in [-0.15, -0.1) is 6.42 Å². The average molecular weight is 180 g/mol. The Morgan fingerprint density at radius 3 is 3.00 bits per heavy atom. The zero-order valence-corrected chi connectivity index (χ0v) is 8.05. The zero-order chi connectivity index (χ0) is 9.68. The molecule has 1 unspecified atom stereocenters. The van der Waals surface area contributed by atoms with Crippen molar-refractivity contribution in [3.8, 4) is 12.3 Å². The molecule has 13 heavy (non-hydrogen) atoms. The van der Waals surface area contributed by atoms with Crippen LogP contribution in [0, 0.1) is 12.3 Å². The van der Waals surface area contributed by atoms with Crippen LogP contribution in [0.3, 0.4) is 0 Å². The summed E-state index contributed by atoms with van der Waals surface area (Å²) in [5.41, 5.74) is 0. The standard InChI is InChI=1S/C10H16N2O/c1-3-10(13)12(4-2)8-9-6-5-7-11-9/h1,9,11H,4-8H2,2H3. The van der Waals surface area contributed by atoms with Gasteiger partial charge in [-0.25, -0.2) is 0 Å². The highest BCUT2D eigenvalue weighted by Crippen LogP contribution is 2.06. The Kier molecular flexibility index (Phi) is 3.78. The van der Waals surface area contributed by atoms with Crippen molar-refractivity contribution in [2.75, 3.05) is 19.6 Å². The maximum Gasteiger partial charge on any atom is 0.298 e. The number of carbonyl (C=O) groups excluding carboxylic acids is 1. The first-order valence-corrected chi connectivity index (χ1v) is 4.76. The third-order valence-corrected chi connectivity index (χ3v) is 2.40. The van der Waals surface area contributed by atoms with Crippen molar-refractivity contribution in [1.29, 1.82) is 0 Å². The van der Waals surface area contributed by atoms with E-state index >= 15 is 0 Å². The van der Waals surface area contributed by atoms with Gasteiger partial charge in [0.2, 0.25) is 0 Å². The van der Waals surface area contributed by atoms with Crippen molar-refractivity contribution >= 4 is 5.91 Å². The maximum atomic E-state index is 11.2. The molecule has 0 aromatic carbocycles. The number of carbonyl (C=O) groups is 1. The number of hydrogen-bond donors (Lipinski definition) is 1. The Morgan fingerprint density at radius 1 is 1.77 bits per heavy atom. The Morgan fingerprint density at radius 2 is 2.54 bits per heavy atom. The van der Waals surface area contributed by atoms with Crippen molar-refractivity contribution in [3.05, 3.63) is 0 Å². The van der Waals surface area contributed by atoms with Crippen molar-refractivity contribution < 1.29 is 4.79 Å². The smallest absolute Gasteiger partial charge is 0.298 e. The van der Waals surface area contributed by atoms with Crippen LogP contribution in [0.15, 0.2) is 0 Å². The lowest BCUT2D eigenvalue weighted by atomic mass is 10.2. The highest BCUT2D eigenvalue weighted by molar-refractivity contribution is 5.92. The summed E-state index contributed by atoms with van der Waals surface area (Å²) in [6.45, 7) is 4.46. The summed E-state index contributed by atoms with van der Waals surface area (Å²) in [7, 11) is 0. The minimum atomic E-state index is -0.198. The van der Waals surface area contributed by atoms with Gasteiger partial charge < -0.3 is 10.2 Å². The maximum absolute atomic E-state index is 11.2. The third-order valence-electron chi connectivity index (χ3n) is 2.40. The summed E-state index contributed by atoms with van der Waals surface area (Å²) in [5.74, 6) is 1.95. The molecule has 3 heteroatoms. The minimum absolute atomic E-state index is 0.198. The Balaban J connectivity index is 2.39. The summed E-state index contributed by atoms with van der Waals surface area (Å²) in [6.07, 6.45) is 7.41. The van der Waals surface area contributed by atoms with E-state index in [-0.39, 0.29) is 5.91 Å². The number of hydrogen-bond acceptors (Lipinski definition) is 2. The number of nitrogens with one attached hydrogen (secondary N) is 1. The second-order valence-electron chi connectivity index (χ2n) is 3.28. The van der Waals surface area contributed by atoms with Gasteiger partial charge in [-0.3, -0.25) is 4.79 Å². The summed E-state index contributed by atoms with van der Waals surface area (Å²) in [4.78, 5) is 12.9. The molecule has 0 spiro atoms. The first-order valence-electron chi connectivity index (χ1n) is 4.76. The largest absolute Gasteiger partial charge is 0.331 e. The molecule has 1 amide bonds. The molecule has 1 aliphatic rings. The molecule has 1 fully saturated rings. The molecule has 1 atom stereocenters. The molecule has 1 rings (SSSR count). The van der Waals surface area contributed by atoms with Crippen LogP contribution in [0.4, 0.5) is 0 Å². The number of rotatable bonds is 3. The number of likely N-dealkylation sites (N-methyl/N-ethyl adjacent to an activating group) is 1. The molecule has 0 saturated carbocycles. The molecule has 0 aromatic heterocycles. The molecule has 0 bridgehead atoms. The predicted molar refractivity (Wildman–Crippen MR) is 52.1 cm³/mol. The second-order valence-corrected chi connectivity index (χ2v) is 3.28. The van der Waals surface area contributed by atoms with Gasteiger partial charge in [-0.1, -0.05) is 0 Å². The molecule has 0 aromatic rings. The molecule has 1 heterocycles. The van der Waals surface area contributed by atoms with Gasteiger partial charge in [0.05, 0.1) is 0 Å². The highest BCUT2D eigenvalue weighted by atomic mass is 16.2. The van der Waals surface area contributed by atoms with Crippen molar-refractivity contribution in [2.24, 2.45) is 0 Å². The normalized spacial score (nSPS) is 21.1. The molecule has 3 nitrogen and oxygen atoms in total. The van der Waals surface area contributed by atoms with Gasteiger partial charge in [0.15, 0.2) is 0 Å². The fourth-order valence-electron chi connectivity index (χ4n) is 1.63. The van der Waals surface area contributed by atoms with Crippen LogP contribution in [0.2, 0.25) is 0 Å². The molecular formula is C10H16N2O. The van der Waals surface area contributed by atoms with E-state index in [0.717, 1.165) is 19.5 Å². The minimum Gasteiger partial charge on any atom is -0.331 e. The van der Waals surface area contributed by atoms with Crippen molar-refractivity contribution in [1.82, 2.24) is 10.2 Å². The number of nitrogens with zero attached hydrogens (tertiary/aromatic N) is 1. The Labute approximate surface area is 79.5 Å². The second kappa shape index (κ2) is 4.88. The highest BCUT2D eigenvalue weighted by Gasteiger charge is 2.18. The molecule has 0 radical (unpaired) electrons. The summed E-state index contributed by atoms with van der Waals surface area (Å²) >= 11 is 0. The molecule has 72 valence electrons. The fraction of sp³-hybridized carbons (Fsp3) is 0.700. The van der Waals surface area contributed by atoms with Gasteiger partial charge in [-0.2, -0.15) is 0 Å². The topological polar surface area (TPSA) is 32.3 Å². The van der Waals surface area contributed by atoms with Crippen LogP contribution in [0.25, 0.3) is 0 Å². The monoisotopic (exact) mass is 180 g/mol. The van der Waals surface area contributed by atoms with E-state index in [9.17, 15) is 4.79 Å². The van der Waals surface area contributed by atoms with Crippen LogP contribution in [0.1, 0.15) is 19.8 Å². The van der Waals surface area contributed by atoms with Crippen LogP contribution >= 0.6 is 0 Å². The molecule has 1 aliphatic heterocycles. The van der Waals surface area contributed by atoms with E-state index in [2.05, 4.69) is 11.2 Å². The summed E-state index contributed by atoms with van der Waals surface area (Å²) in [6, 6.07) is 0.442. The molecule has 0 aliphatic carbocycles. The van der Waals surface area contributed by atoms with E-state index in [1.165, 1.54) is 6.42 Å². The number of amides is 1. The molecule has 1 N–H and O–H groups in total. The van der Waals surface area contributed by atoms with Gasteiger partial charge in [0, 0.05) is 19.1 Å². The third kappa shape index (κ3) is 2.74. The van der Waals surface area contributed by atoms with Crippen LogP contribution in [-0.4, -0.2) is 36.5 Å². The van der Waals surface area contributed by atoms with Crippen LogP contribution in [0.5, 0.6) is 0 Å². The van der Waals surface area contributed by atoms with Gasteiger partial charge in [0.1, 0.15) is 0 Å². The SMILES string of the molecule is C#CC(=O)N(CC)CC1CCCN1. The van der Waals surface area contributed by atoms with E-state index in [0.29, 0.717) is 12.6 Å². The Hall–Kier alpha value is -1.01. The lowest BCUT2D eigenvalue weighted by Gasteiger charge is -2.21. The summed E-state index contributed by atoms with van der Waals surface area (Å²) < 4.78 is 0. The van der Waals surface area contributed by atoms with E-state index < -0.39 is 0 Å². The van der Waals surface area contributed by atoms with Crippen molar-refractivity contribution in [2.45, 2.75) is 25.8 Å². The van der Waals surface area contributed by atoms with E-state index in [4.69, 9.17) is 6.42 Å². The van der Waals surface area contributed by atoms with E-state index in [1.54, 1.807) is 4.90 Å². The van der Waals surface area contributed by atoms with Gasteiger partial charge >= 0.3 is 0 Å². The van der Waals surface area contributed by atoms with Crippen LogP contribution < -0.4 is 5.32 Å². The Bertz CT molecular complexity index is 213. The lowest BCUT2D eigenvalue weighted by Crippen LogP contribution is -2.40. The first-order chi connectivity index (χ1) is 6.27. The number of terminal acetylenes is 1. The summed E-state index contributed by atoms with van der Waals surface area (Å²) in [5, 5.41) is 3.34. The quantitative estimate of drug-likeness (QED) is 0.630. The average Bonchev–Trinajstić information content (AvgIpc) is 2.65. The van der Waals surface area contributed by atoms with Crippen LogP contribution in [-0.2, 0) is 4.79 Å². The van der Waals surface area contributed by atoms with Gasteiger partial charge in [-0.05, 0) is 32.2 Å². The zero-order valence-electron chi connectivity index (χ0n) is 8.05. The predicted octanol–water partition coefficient (Wildman–Crippen LogP) is 0.220. The fourth-order valence-corrected chi connectivity index (χ4v) is 1.63. The molecule has 1 saturated heterocycles. The molecular weight excluding hydrogens is 164 g/mol. The van der Waals surface area contributed by atoms with Crippen molar-refractivity contribution in [3.63, 3.8) is 0 Å².